The van der Waals surface area contributed by atoms with Gasteiger partial charge in [0, 0.05) is 30.9 Å². The highest BCUT2D eigenvalue weighted by Crippen LogP contribution is 2.32. The number of anilines is 1. The number of rotatable bonds is 11. The van der Waals surface area contributed by atoms with Crippen molar-refractivity contribution in [2.75, 3.05) is 25.0 Å². The van der Waals surface area contributed by atoms with Gasteiger partial charge in [0.15, 0.2) is 11.4 Å². The maximum Gasteiger partial charge on any atom is 0.232 e. The average molecular weight is 483 g/mol. The fraction of sp³-hybridized carbons (Fsp3) is 0.519. The van der Waals surface area contributed by atoms with E-state index in [0.29, 0.717) is 30.0 Å². The quantitative estimate of drug-likeness (QED) is 0.296. The Kier molecular flexibility index (Phi) is 7.77. The van der Waals surface area contributed by atoms with Crippen molar-refractivity contribution in [3.63, 3.8) is 0 Å². The Morgan fingerprint density at radius 2 is 2.09 bits per heavy atom. The second kappa shape index (κ2) is 10.8. The Morgan fingerprint density at radius 3 is 2.76 bits per heavy atom. The van der Waals surface area contributed by atoms with Gasteiger partial charge in [-0.25, -0.2) is 4.98 Å². The van der Waals surface area contributed by atoms with Crippen molar-refractivity contribution in [1.29, 1.82) is 0 Å². The standard InChI is InChI=1S/C27H35ClN4O2/c1-6-20(21-10-24(28)27(31-14-21)33-15-16(2)3)13-29-18(5)22-11-23-25(9-17(22)4)34-32-26(23)30-12-19-7-8-19/h9-11,14,16,19-20H,6-8,12-13,15H2,1-5H3,(H,30,32). The summed E-state index contributed by atoms with van der Waals surface area (Å²) in [4.78, 5) is 9.43. The second-order valence-corrected chi connectivity index (χ2v) is 10.2. The van der Waals surface area contributed by atoms with E-state index in [2.05, 4.69) is 62.2 Å². The third-order valence-electron chi connectivity index (χ3n) is 6.36. The Balaban J connectivity index is 1.50. The summed E-state index contributed by atoms with van der Waals surface area (Å²) in [5.41, 5.74) is 5.14. The van der Waals surface area contributed by atoms with Gasteiger partial charge in [-0.15, -0.1) is 0 Å². The fourth-order valence-electron chi connectivity index (χ4n) is 3.98. The van der Waals surface area contributed by atoms with Crippen molar-refractivity contribution in [2.24, 2.45) is 16.8 Å². The predicted molar refractivity (Wildman–Crippen MR) is 140 cm³/mol. The molecule has 2 heterocycles. The van der Waals surface area contributed by atoms with E-state index in [4.69, 9.17) is 25.9 Å². The summed E-state index contributed by atoms with van der Waals surface area (Å²) in [6.07, 6.45) is 5.41. The van der Waals surface area contributed by atoms with Crippen molar-refractivity contribution in [2.45, 2.75) is 59.8 Å². The molecular weight excluding hydrogens is 448 g/mol. The summed E-state index contributed by atoms with van der Waals surface area (Å²) in [7, 11) is 0. The number of hydrogen-bond acceptors (Lipinski definition) is 6. The van der Waals surface area contributed by atoms with Crippen LogP contribution in [0, 0.1) is 18.8 Å². The lowest BCUT2D eigenvalue weighted by Crippen LogP contribution is -2.09. The van der Waals surface area contributed by atoms with E-state index in [9.17, 15) is 0 Å². The number of aryl methyl sites for hydroxylation is 1. The average Bonchev–Trinajstić information content (AvgIpc) is 3.56. The third kappa shape index (κ3) is 5.90. The highest BCUT2D eigenvalue weighted by atomic mass is 35.5. The lowest BCUT2D eigenvalue weighted by Gasteiger charge is -2.16. The monoisotopic (exact) mass is 482 g/mol. The molecule has 2 aromatic heterocycles. The molecule has 1 unspecified atom stereocenters. The zero-order chi connectivity index (χ0) is 24.2. The SMILES string of the molecule is CCC(CN=C(C)c1cc2c(NCC3CC3)noc2cc1C)c1cnc(OCC(C)C)c(Cl)c1. The lowest BCUT2D eigenvalue weighted by atomic mass is 9.97. The topological polar surface area (TPSA) is 72.5 Å². The number of halogens is 1. The number of pyridine rings is 1. The van der Waals surface area contributed by atoms with Crippen LogP contribution in [0.5, 0.6) is 5.88 Å². The first-order valence-corrected chi connectivity index (χ1v) is 12.7. The summed E-state index contributed by atoms with van der Waals surface area (Å²) in [5, 5.41) is 9.26. The van der Waals surface area contributed by atoms with Gasteiger partial charge in [-0.05, 0) is 79.8 Å². The lowest BCUT2D eigenvalue weighted by molar-refractivity contribution is 0.261. The maximum atomic E-state index is 6.46. The molecule has 1 aromatic carbocycles. The van der Waals surface area contributed by atoms with E-state index in [1.165, 1.54) is 12.8 Å². The molecule has 4 rings (SSSR count). The molecule has 182 valence electrons. The van der Waals surface area contributed by atoms with Gasteiger partial charge in [0.2, 0.25) is 5.88 Å². The van der Waals surface area contributed by atoms with E-state index in [1.54, 1.807) is 0 Å². The molecule has 0 amide bonds. The Hall–Kier alpha value is -2.60. The highest BCUT2D eigenvalue weighted by Gasteiger charge is 2.22. The fourth-order valence-corrected chi connectivity index (χ4v) is 4.21. The van der Waals surface area contributed by atoms with Crippen LogP contribution in [0.15, 0.2) is 33.9 Å². The zero-order valence-corrected chi connectivity index (χ0v) is 21.6. The minimum absolute atomic E-state index is 0.231. The molecule has 0 bridgehead atoms. The normalized spacial score (nSPS) is 15.2. The van der Waals surface area contributed by atoms with Crippen molar-refractivity contribution in [3.05, 3.63) is 46.1 Å². The van der Waals surface area contributed by atoms with Gasteiger partial charge in [0.1, 0.15) is 5.02 Å². The molecule has 0 spiro atoms. The van der Waals surface area contributed by atoms with Crippen LogP contribution in [0.1, 0.15) is 69.6 Å². The molecule has 0 saturated heterocycles. The summed E-state index contributed by atoms with van der Waals surface area (Å²) >= 11 is 6.46. The molecule has 1 saturated carbocycles. The van der Waals surface area contributed by atoms with Crippen LogP contribution in [0.4, 0.5) is 5.82 Å². The Morgan fingerprint density at radius 1 is 1.29 bits per heavy atom. The number of ether oxygens (including phenoxy) is 1. The van der Waals surface area contributed by atoms with Crippen molar-refractivity contribution in [3.8, 4) is 5.88 Å². The maximum absolute atomic E-state index is 6.46. The van der Waals surface area contributed by atoms with Gasteiger partial charge < -0.3 is 14.6 Å². The van der Waals surface area contributed by atoms with Gasteiger partial charge in [0.05, 0.1) is 12.0 Å². The first-order chi connectivity index (χ1) is 16.4. The number of benzene rings is 1. The first-order valence-electron chi connectivity index (χ1n) is 12.3. The van der Waals surface area contributed by atoms with Crippen LogP contribution in [0.3, 0.4) is 0 Å². The Bertz CT molecular complexity index is 1170. The smallest absolute Gasteiger partial charge is 0.232 e. The minimum atomic E-state index is 0.231. The van der Waals surface area contributed by atoms with E-state index in [1.807, 2.05) is 12.3 Å². The largest absolute Gasteiger partial charge is 0.476 e. The summed E-state index contributed by atoms with van der Waals surface area (Å²) in [6, 6.07) is 6.17. The Labute approximate surface area is 207 Å². The van der Waals surface area contributed by atoms with Crippen molar-refractivity contribution in [1.82, 2.24) is 10.1 Å². The van der Waals surface area contributed by atoms with Crippen LogP contribution in [-0.4, -0.2) is 35.5 Å². The highest BCUT2D eigenvalue weighted by molar-refractivity contribution is 6.31. The van der Waals surface area contributed by atoms with E-state index >= 15 is 0 Å². The third-order valence-corrected chi connectivity index (χ3v) is 6.63. The van der Waals surface area contributed by atoms with Gasteiger partial charge in [0.25, 0.3) is 0 Å². The summed E-state index contributed by atoms with van der Waals surface area (Å²) in [5.74, 6) is 2.74. The molecule has 1 atom stereocenters. The number of hydrogen-bond donors (Lipinski definition) is 1. The molecule has 0 aliphatic heterocycles. The van der Waals surface area contributed by atoms with Crippen LogP contribution in [-0.2, 0) is 0 Å². The molecule has 1 aliphatic carbocycles. The van der Waals surface area contributed by atoms with Crippen LogP contribution >= 0.6 is 11.6 Å². The summed E-state index contributed by atoms with van der Waals surface area (Å²) < 4.78 is 11.3. The number of aromatic nitrogens is 2. The van der Waals surface area contributed by atoms with Gasteiger partial charge in [-0.2, -0.15) is 0 Å². The van der Waals surface area contributed by atoms with E-state index < -0.39 is 0 Å². The minimum Gasteiger partial charge on any atom is -0.476 e. The molecule has 3 aromatic rings. The molecule has 1 fully saturated rings. The number of nitrogens with one attached hydrogen (secondary N) is 1. The predicted octanol–water partition coefficient (Wildman–Crippen LogP) is 7.04. The van der Waals surface area contributed by atoms with Crippen LogP contribution in [0.2, 0.25) is 5.02 Å². The van der Waals surface area contributed by atoms with E-state index in [0.717, 1.165) is 58.1 Å². The van der Waals surface area contributed by atoms with Crippen molar-refractivity contribution >= 4 is 34.1 Å². The molecule has 7 heteroatoms. The molecule has 34 heavy (non-hydrogen) atoms. The molecule has 0 radical (unpaired) electrons. The molecular formula is C27H35ClN4O2. The second-order valence-electron chi connectivity index (χ2n) is 9.81. The zero-order valence-electron chi connectivity index (χ0n) is 20.8. The first kappa shape index (κ1) is 24.5. The summed E-state index contributed by atoms with van der Waals surface area (Å²) in [6.45, 7) is 12.7. The number of aliphatic imine (C=N–C) groups is 1. The molecule has 1 aliphatic rings. The van der Waals surface area contributed by atoms with Crippen molar-refractivity contribution < 1.29 is 9.26 Å². The van der Waals surface area contributed by atoms with Crippen LogP contribution < -0.4 is 10.1 Å². The van der Waals surface area contributed by atoms with Gasteiger partial charge in [-0.1, -0.05) is 37.5 Å². The van der Waals surface area contributed by atoms with Crippen LogP contribution in [0.25, 0.3) is 11.0 Å². The number of fused-ring (bicyclic) bond motifs is 1. The number of nitrogens with zero attached hydrogens (tertiary/aromatic N) is 3. The van der Waals surface area contributed by atoms with Gasteiger partial charge in [-0.3, -0.25) is 4.99 Å². The molecule has 1 N–H and O–H groups in total. The van der Waals surface area contributed by atoms with Gasteiger partial charge >= 0.3 is 0 Å². The van der Waals surface area contributed by atoms with E-state index in [-0.39, 0.29) is 5.92 Å². The molecule has 6 nitrogen and oxygen atoms in total.